The zero-order valence-electron chi connectivity index (χ0n) is 32.0. The van der Waals surface area contributed by atoms with Crippen molar-refractivity contribution in [2.24, 2.45) is 5.92 Å². The summed E-state index contributed by atoms with van der Waals surface area (Å²) in [5.74, 6) is 4.72. The van der Waals surface area contributed by atoms with Crippen LogP contribution in [0.1, 0.15) is 68.2 Å². The first-order valence-electron chi connectivity index (χ1n) is 15.4. The summed E-state index contributed by atoms with van der Waals surface area (Å²) in [5.41, 5.74) is 0. The first-order valence-corrected chi connectivity index (χ1v) is 15.4. The molecule has 0 aromatic carbocycles. The molecule has 0 saturated carbocycles. The van der Waals surface area contributed by atoms with Crippen LogP contribution in [0.3, 0.4) is 0 Å². The van der Waals surface area contributed by atoms with Gasteiger partial charge in [-0.3, -0.25) is 19.3 Å². The van der Waals surface area contributed by atoms with E-state index in [9.17, 15) is 14.4 Å². The lowest BCUT2D eigenvalue weighted by molar-refractivity contribution is -0.113. The normalized spacial score (nSPS) is 10.4. The number of allylic oxidation sites excluding steroid dienone is 10. The molecule has 270 valence electrons. The molecular weight excluding hydrogens is 594 g/mol. The standard InChI is InChI=1S/C8H14.C7H13N.C6H8O.C5H8.C4H6O.C4H4O.C3H6O.C3H6.C3H4/c2*1-4-6-8(3)7-5-2;1-3-4-5-6(2)7;1-3-5-4-2;2*1-3-4(2)5;1-3-2-4-3;2*1-3-2/h4-5,8H,1-2,6-7H2,3H3;4-5H,1-2,6-7H2,3H3;3-5H,1H2,2H3;3-5H,1H2,2H3;3H,1H2,2H3;1H,2H3;3H,2H2,1H3;3H,1H2,2H3;1H,2H3. The van der Waals surface area contributed by atoms with Crippen LogP contribution >= 0.6 is 0 Å². The summed E-state index contributed by atoms with van der Waals surface area (Å²) in [5, 5.41) is 0. The number of carbonyl (C=O) groups excluding carboxylic acids is 3. The summed E-state index contributed by atoms with van der Waals surface area (Å²) in [6.45, 7) is 44.9. The first kappa shape index (κ1) is 62.3. The van der Waals surface area contributed by atoms with E-state index in [2.05, 4.69) is 90.1 Å². The minimum absolute atomic E-state index is 0.0185. The summed E-state index contributed by atoms with van der Waals surface area (Å²) >= 11 is 0. The van der Waals surface area contributed by atoms with E-state index < -0.39 is 0 Å². The van der Waals surface area contributed by atoms with Crippen molar-refractivity contribution >= 4 is 17.3 Å². The van der Waals surface area contributed by atoms with E-state index in [1.54, 1.807) is 31.2 Å². The molecule has 0 radical (unpaired) electrons. The lowest BCUT2D eigenvalue weighted by Gasteiger charge is -2.09. The number of hydrogen-bond donors (Lipinski definition) is 0. The second-order valence-corrected chi connectivity index (χ2v) is 9.28. The number of hydrogen-bond acceptors (Lipinski definition) is 5. The molecule has 1 atom stereocenters. The van der Waals surface area contributed by atoms with Gasteiger partial charge in [-0.25, -0.2) is 0 Å². The fraction of sp³-hybridized carbons (Fsp3) is 0.372. The summed E-state index contributed by atoms with van der Waals surface area (Å²) in [4.78, 5) is 31.5. The van der Waals surface area contributed by atoms with Crippen molar-refractivity contribution in [1.82, 2.24) is 4.90 Å². The van der Waals surface area contributed by atoms with Crippen LogP contribution in [-0.2, 0) is 19.1 Å². The molecule has 0 amide bonds. The maximum atomic E-state index is 10.1. The van der Waals surface area contributed by atoms with Crippen molar-refractivity contribution in [1.29, 1.82) is 0 Å². The van der Waals surface area contributed by atoms with Gasteiger partial charge in [0.2, 0.25) is 5.78 Å². The molecule has 0 spiro atoms. The van der Waals surface area contributed by atoms with Crippen LogP contribution in [-0.4, -0.2) is 55.1 Å². The second kappa shape index (κ2) is 65.2. The van der Waals surface area contributed by atoms with E-state index in [1.807, 2.05) is 63.3 Å². The lowest BCUT2D eigenvalue weighted by atomic mass is 10.0. The Morgan fingerprint density at radius 1 is 0.833 bits per heavy atom. The van der Waals surface area contributed by atoms with Crippen LogP contribution in [0.5, 0.6) is 0 Å². The largest absolute Gasteiger partial charge is 0.373 e. The van der Waals surface area contributed by atoms with Crippen molar-refractivity contribution in [3.63, 3.8) is 0 Å². The van der Waals surface area contributed by atoms with Crippen LogP contribution in [0.15, 0.2) is 126 Å². The summed E-state index contributed by atoms with van der Waals surface area (Å²) in [6, 6.07) is 0. The average Bonchev–Trinajstić information content (AvgIpc) is 3.81. The molecule has 1 heterocycles. The number of epoxide rings is 1. The molecule has 48 heavy (non-hydrogen) atoms. The maximum absolute atomic E-state index is 10.1. The van der Waals surface area contributed by atoms with Crippen molar-refractivity contribution in [2.75, 3.05) is 26.7 Å². The molecule has 0 N–H and O–H groups in total. The summed E-state index contributed by atoms with van der Waals surface area (Å²) < 4.78 is 4.71. The zero-order valence-corrected chi connectivity index (χ0v) is 32.0. The number of ether oxygens (including phenoxy) is 1. The average molecular weight is 664 g/mol. The van der Waals surface area contributed by atoms with Gasteiger partial charge in [-0.2, -0.15) is 0 Å². The number of terminal acetylenes is 2. The number of nitrogens with zero attached hydrogens (tertiary/aromatic N) is 1. The van der Waals surface area contributed by atoms with Crippen LogP contribution < -0.4 is 0 Å². The molecule has 1 saturated heterocycles. The van der Waals surface area contributed by atoms with Crippen molar-refractivity contribution in [3.8, 4) is 24.7 Å². The highest BCUT2D eigenvalue weighted by molar-refractivity contribution is 5.92. The SMILES string of the molecule is C#CC.C#CC(C)=O.C=CC.C=CC(C)=O.C=CC=CC.C=CC=CC(C)=O.C=CCC(C)CC=C.C=CCN(C)CC=C.CC1CO1. The molecule has 1 aliphatic rings. The first-order chi connectivity index (χ1) is 22.6. The van der Waals surface area contributed by atoms with Gasteiger partial charge < -0.3 is 4.74 Å². The third kappa shape index (κ3) is 162. The second-order valence-electron chi connectivity index (χ2n) is 9.28. The monoisotopic (exact) mass is 664 g/mol. The molecule has 0 aromatic rings. The highest BCUT2D eigenvalue weighted by atomic mass is 16.6. The highest BCUT2D eigenvalue weighted by Gasteiger charge is 2.13. The van der Waals surface area contributed by atoms with Crippen LogP contribution in [0.4, 0.5) is 0 Å². The van der Waals surface area contributed by atoms with Crippen LogP contribution in [0.25, 0.3) is 0 Å². The molecular formula is C43H69NO4. The van der Waals surface area contributed by atoms with Crippen LogP contribution in [0, 0.1) is 30.6 Å². The van der Waals surface area contributed by atoms with Gasteiger partial charge in [0.1, 0.15) is 0 Å². The summed E-state index contributed by atoms with van der Waals surface area (Å²) in [6.07, 6.45) is 32.9. The zero-order chi connectivity index (χ0) is 39.6. The predicted octanol–water partition coefficient (Wildman–Crippen LogP) is 10.3. The van der Waals surface area contributed by atoms with Gasteiger partial charge in [0.25, 0.3) is 0 Å². The van der Waals surface area contributed by atoms with Gasteiger partial charge in [-0.1, -0.05) is 87.4 Å². The molecule has 5 nitrogen and oxygen atoms in total. The third-order valence-corrected chi connectivity index (χ3v) is 3.81. The van der Waals surface area contributed by atoms with E-state index in [4.69, 9.17) is 4.74 Å². The Bertz CT molecular complexity index is 922. The van der Waals surface area contributed by atoms with Crippen molar-refractivity contribution < 1.29 is 19.1 Å². The van der Waals surface area contributed by atoms with Gasteiger partial charge in [0, 0.05) is 20.0 Å². The van der Waals surface area contributed by atoms with Crippen molar-refractivity contribution in [2.45, 2.75) is 74.3 Å². The van der Waals surface area contributed by atoms with E-state index >= 15 is 0 Å². The van der Waals surface area contributed by atoms with E-state index in [0.29, 0.717) is 6.10 Å². The third-order valence-electron chi connectivity index (χ3n) is 3.81. The number of rotatable bonds is 12. The van der Waals surface area contributed by atoms with Gasteiger partial charge in [0.05, 0.1) is 12.7 Å². The number of ketones is 3. The Balaban J connectivity index is -0.0000000637. The topological polar surface area (TPSA) is 67.0 Å². The van der Waals surface area contributed by atoms with Crippen LogP contribution in [0.2, 0.25) is 0 Å². The minimum atomic E-state index is -0.218. The Hall–Kier alpha value is -4.55. The summed E-state index contributed by atoms with van der Waals surface area (Å²) in [7, 11) is 2.03. The molecule has 1 unspecified atom stereocenters. The lowest BCUT2D eigenvalue weighted by Crippen LogP contribution is -2.17. The Kier molecular flexibility index (Phi) is 84.6. The molecule has 5 heteroatoms. The Morgan fingerprint density at radius 2 is 1.15 bits per heavy atom. The van der Waals surface area contributed by atoms with E-state index in [1.165, 1.54) is 32.9 Å². The van der Waals surface area contributed by atoms with Gasteiger partial charge in [-0.05, 0) is 85.4 Å². The molecule has 0 aliphatic carbocycles. The molecule has 1 aliphatic heterocycles. The van der Waals surface area contributed by atoms with Gasteiger partial charge in [-0.15, -0.1) is 51.7 Å². The fourth-order valence-corrected chi connectivity index (χ4v) is 1.62. The number of carbonyl (C=O) groups is 3. The molecule has 1 rings (SSSR count). The number of Topliss-reactive ketones (excluding diaryl/α,β-unsaturated/α-hetero) is 1. The number of likely N-dealkylation sites (N-methyl/N-ethyl adjacent to an activating group) is 1. The smallest absolute Gasteiger partial charge is 0.202 e. The van der Waals surface area contributed by atoms with Gasteiger partial charge >= 0.3 is 0 Å². The maximum Gasteiger partial charge on any atom is 0.202 e. The van der Waals surface area contributed by atoms with Crippen molar-refractivity contribution in [3.05, 3.63) is 126 Å². The highest BCUT2D eigenvalue weighted by Crippen LogP contribution is 2.06. The van der Waals surface area contributed by atoms with Gasteiger partial charge in [0.15, 0.2) is 11.6 Å². The molecule has 0 aromatic heterocycles. The fourth-order valence-electron chi connectivity index (χ4n) is 1.62. The quantitative estimate of drug-likeness (QED) is 0.0519. The predicted molar refractivity (Wildman–Crippen MR) is 218 cm³/mol. The Labute approximate surface area is 298 Å². The molecule has 1 fully saturated rings. The minimum Gasteiger partial charge on any atom is -0.373 e. The van der Waals surface area contributed by atoms with E-state index in [-0.39, 0.29) is 17.3 Å². The molecule has 0 bridgehead atoms. The Morgan fingerprint density at radius 3 is 1.25 bits per heavy atom. The van der Waals surface area contributed by atoms with E-state index in [0.717, 1.165) is 38.5 Å².